The Kier molecular flexibility index (Phi) is 41.3. The highest BCUT2D eigenvalue weighted by molar-refractivity contribution is 6.68. The molecule has 117 heavy (non-hydrogen) atoms. The summed E-state index contributed by atoms with van der Waals surface area (Å²) in [5, 5.41) is 27.2. The maximum atomic E-state index is 13.4. The molecule has 9 N–H and O–H groups in total. The second kappa shape index (κ2) is 46.5. The number of aliphatic carboxylic acids is 1. The molecule has 0 spiro atoms. The Morgan fingerprint density at radius 2 is 1.12 bits per heavy atom. The van der Waals surface area contributed by atoms with Gasteiger partial charge >= 0.3 is 42.0 Å². The van der Waals surface area contributed by atoms with Gasteiger partial charge < -0.3 is 60.1 Å². The van der Waals surface area contributed by atoms with Crippen molar-refractivity contribution in [2.24, 2.45) is 29.1 Å². The summed E-state index contributed by atoms with van der Waals surface area (Å²) < 4.78 is 27.7. The first kappa shape index (κ1) is 104. The Morgan fingerprint density at radius 3 is 1.60 bits per heavy atom. The van der Waals surface area contributed by atoms with Crippen LogP contribution >= 0.6 is 69.6 Å². The smallest absolute Gasteiger partial charge is 0.408 e. The number of carbonyl (C=O) groups excluding carboxylic acids is 12. The van der Waals surface area contributed by atoms with Crippen molar-refractivity contribution < 1.29 is 95.9 Å². The molecular formula is C79H122Cl6N12O20. The lowest BCUT2D eigenvalue weighted by Crippen LogP contribution is -2.61. The van der Waals surface area contributed by atoms with E-state index in [1.54, 1.807) is 96.1 Å². The van der Waals surface area contributed by atoms with Crippen LogP contribution in [0.4, 0.5) is 9.59 Å². The number of fused-ring (bicyclic) bond motifs is 4. The van der Waals surface area contributed by atoms with Crippen LogP contribution in [0.3, 0.4) is 0 Å². The van der Waals surface area contributed by atoms with Crippen LogP contribution < -0.4 is 42.9 Å². The number of ether oxygens (including phenoxy) is 6. The van der Waals surface area contributed by atoms with E-state index in [0.29, 0.717) is 76.7 Å². The van der Waals surface area contributed by atoms with Crippen molar-refractivity contribution in [2.45, 2.75) is 288 Å². The van der Waals surface area contributed by atoms with Gasteiger partial charge in [0.1, 0.15) is 84.5 Å². The van der Waals surface area contributed by atoms with Gasteiger partial charge in [0.15, 0.2) is 0 Å². The van der Waals surface area contributed by atoms with Gasteiger partial charge in [-0.3, -0.25) is 67.8 Å². The van der Waals surface area contributed by atoms with Crippen molar-refractivity contribution in [2.75, 3.05) is 32.8 Å². The molecule has 8 amide bonds. The third kappa shape index (κ3) is 37.5. The van der Waals surface area contributed by atoms with Gasteiger partial charge in [-0.2, -0.15) is 0 Å². The highest BCUT2D eigenvalue weighted by atomic mass is 35.6. The molecular weight excluding hydrogens is 1650 g/mol. The number of hydrogen-bond donors (Lipinski definition) is 9. The third-order valence-electron chi connectivity index (χ3n) is 18.7. The summed E-state index contributed by atoms with van der Waals surface area (Å²) >= 11 is 33.4. The van der Waals surface area contributed by atoms with Crippen LogP contribution in [0.1, 0.15) is 227 Å². The number of rotatable bonds is 19. The van der Waals surface area contributed by atoms with Gasteiger partial charge in [-0.05, 0) is 178 Å². The molecule has 1 aromatic heterocycles. The number of alkyl carbamates (subject to hydrolysis) is 2. The standard InChI is InChI=1S/C31H41N5O5.C21H35Cl3N4O6.C15H24Cl3N3O5.C12H22O4/c1-7-18(2)26-27(37)32-19(3)28(38)36-16-8-9-24(35-36)29(39)41-20(4)23-13-12-22-11-10-21(17-25(22)33-23)14-15-31(5,6)30(40)34-26;1-7-12(2)15(26-19(32)34-20(4,5)6)16(29)25-13(3)17(30)28-10-8-9-14(27-28)18(31)33-11-21(22,23)24;1-9(19-13(24)26-14(2,3)4)11(22)21-7-5-6-10(20-21)12(23)25-8-15(16,17)18;1-6-8(2)9(11(14)15)7-10(13)16-12(3,4)5/h10-15,17-20,24,26,35H,7-9,16H2,1-6H3,(H,32,37)(H,34,40);12-15,27H,7-11H2,1-6H3,(H,25,29)(H,26,32);9-10,20H,5-8H2,1-4H3,(H,19,24);8-9H,6-7H2,1-5H3,(H,14,15)/b15-14+;;;/t18-,19-,20+,24-,26-;12-,13-,14-,15-;9-,10-;8-,9-/m0000/s1. The number of alkyl halides is 6. The maximum absolute atomic E-state index is 13.4. The van der Waals surface area contributed by atoms with Crippen molar-refractivity contribution in [1.29, 1.82) is 0 Å². The monoisotopic (exact) mass is 1770 g/mol. The van der Waals surface area contributed by atoms with Gasteiger partial charge in [0, 0.05) is 25.0 Å². The molecule has 0 aliphatic carbocycles. The Balaban J connectivity index is 0.000000423. The zero-order valence-corrected chi connectivity index (χ0v) is 75.4. The Morgan fingerprint density at radius 1 is 0.632 bits per heavy atom. The number of aromatic nitrogens is 1. The number of halogens is 6. The molecule has 660 valence electrons. The zero-order chi connectivity index (χ0) is 89.2. The lowest BCUT2D eigenvalue weighted by atomic mass is 9.89. The number of carboxylic acids is 1. The third-order valence-corrected chi connectivity index (χ3v) is 19.3. The molecule has 3 saturated heterocycles. The van der Waals surface area contributed by atoms with E-state index in [-0.39, 0.29) is 42.6 Å². The van der Waals surface area contributed by atoms with Gasteiger partial charge in [-0.1, -0.05) is 161 Å². The minimum atomic E-state index is -1.74. The number of cyclic esters (lactones) is 1. The number of hydrazine groups is 3. The predicted octanol–water partition coefficient (Wildman–Crippen LogP) is 11.0. The fourth-order valence-electron chi connectivity index (χ4n) is 11.6. The molecule has 5 bridgehead atoms. The Labute approximate surface area is 716 Å². The molecule has 4 aliphatic heterocycles. The van der Waals surface area contributed by atoms with Gasteiger partial charge in [-0.25, -0.2) is 30.9 Å². The topological polar surface area (TPSA) is 416 Å². The molecule has 0 radical (unpaired) electrons. The Bertz CT molecular complexity index is 3770. The zero-order valence-electron chi connectivity index (χ0n) is 70.9. The average molecular weight is 1770 g/mol. The van der Waals surface area contributed by atoms with Crippen LogP contribution in [0.15, 0.2) is 36.4 Å². The fourth-order valence-corrected chi connectivity index (χ4v) is 11.9. The normalized spacial score (nSPS) is 21.7. The van der Waals surface area contributed by atoms with Gasteiger partial charge in [0.25, 0.3) is 17.7 Å². The quantitative estimate of drug-likeness (QED) is 0.0358. The maximum Gasteiger partial charge on any atom is 0.408 e. The highest BCUT2D eigenvalue weighted by Crippen LogP contribution is 2.30. The molecule has 4 aliphatic rings. The second-order valence-electron chi connectivity index (χ2n) is 33.0. The van der Waals surface area contributed by atoms with E-state index in [1.807, 2.05) is 78.0 Å². The molecule has 38 heteroatoms. The molecule has 32 nitrogen and oxygen atoms in total. The molecule has 0 saturated carbocycles. The summed E-state index contributed by atoms with van der Waals surface area (Å²) in [7, 11) is 0. The van der Waals surface area contributed by atoms with E-state index in [9.17, 15) is 62.3 Å². The van der Waals surface area contributed by atoms with Crippen molar-refractivity contribution in [3.63, 3.8) is 0 Å². The SMILES string of the molecule is CC[C@H](C)[C@@H]1NC(=O)C(C)(C)/C=C/c2ccc3ccc(nc3c2)[C@@H](C)OC(=O)[C@@H]2CCCN(N2)C(=O)[C@H](C)NC1=O.CC[C@H](C)[C@H](CC(=O)OC(C)(C)C)C(=O)O.CC[C@H](C)[C@H](NC(=O)OC(C)(C)C)C(=O)N[C@@H](C)C(=O)N1CCC[C@@H](C(=O)OCC(Cl)(Cl)Cl)N1.C[C@H](NC(=O)OC(C)(C)C)C(=O)N1CCC[C@@H](C(=O)OCC(Cl)(Cl)Cl)N1. The van der Waals surface area contributed by atoms with Crippen molar-refractivity contribution in [1.82, 2.24) is 62.9 Å². The number of nitrogens with zero attached hydrogens (tertiary/aromatic N) is 4. The summed E-state index contributed by atoms with van der Waals surface area (Å²) in [5.74, 6) is -6.67. The number of carboxylic acid groups (broad SMARTS) is 1. The number of amides is 8. The lowest BCUT2D eigenvalue weighted by Gasteiger charge is -2.35. The van der Waals surface area contributed by atoms with Gasteiger partial charge in [-0.15, -0.1) is 0 Å². The molecule has 1 aromatic carbocycles. The van der Waals surface area contributed by atoms with E-state index >= 15 is 0 Å². The summed E-state index contributed by atoms with van der Waals surface area (Å²) in [6, 6.07) is 2.97. The summed E-state index contributed by atoms with van der Waals surface area (Å²) in [6.45, 7) is 37.2. The van der Waals surface area contributed by atoms with E-state index in [4.69, 9.17) is 108 Å². The average Bonchev–Trinajstić information content (AvgIpc) is 1.23. The minimum Gasteiger partial charge on any atom is -0.481 e. The van der Waals surface area contributed by atoms with Crippen molar-refractivity contribution >= 4 is 164 Å². The van der Waals surface area contributed by atoms with Gasteiger partial charge in [0.2, 0.25) is 25.3 Å². The molecule has 6 rings (SSSR count). The van der Waals surface area contributed by atoms with E-state index < -0.39 is 162 Å². The summed E-state index contributed by atoms with van der Waals surface area (Å²) in [4.78, 5) is 167. The van der Waals surface area contributed by atoms with E-state index in [0.717, 1.165) is 22.9 Å². The number of esters is 4. The first-order chi connectivity index (χ1) is 53.9. The predicted molar refractivity (Wildman–Crippen MR) is 444 cm³/mol. The van der Waals surface area contributed by atoms with E-state index in [2.05, 4.69) is 42.9 Å². The fraction of sp³-hybridized carbons (Fsp3) is 0.696. The van der Waals surface area contributed by atoms with Crippen molar-refractivity contribution in [3.8, 4) is 0 Å². The number of carbonyl (C=O) groups is 13. The Hall–Kier alpha value is -7.30. The molecule has 3 fully saturated rings. The largest absolute Gasteiger partial charge is 0.481 e. The molecule has 2 aromatic rings. The van der Waals surface area contributed by atoms with Crippen LogP contribution in [0, 0.1) is 29.1 Å². The van der Waals surface area contributed by atoms with Crippen LogP contribution in [0.25, 0.3) is 17.0 Å². The summed E-state index contributed by atoms with van der Waals surface area (Å²) in [5.41, 5.74) is 7.88. The second-order valence-corrected chi connectivity index (χ2v) is 38.0. The number of nitrogens with one attached hydrogen (secondary N) is 8. The molecule has 5 heterocycles. The number of hydrogen-bond acceptors (Lipinski definition) is 23. The highest BCUT2D eigenvalue weighted by Gasteiger charge is 2.40. The van der Waals surface area contributed by atoms with Crippen LogP contribution in [-0.4, -0.2) is 208 Å². The minimum absolute atomic E-state index is 0.0231. The molecule has 0 unspecified atom stereocenters. The summed E-state index contributed by atoms with van der Waals surface area (Å²) in [6.07, 6.45) is 6.69. The first-order valence-corrected chi connectivity index (χ1v) is 41.5. The number of pyridine rings is 1. The number of benzene rings is 1. The van der Waals surface area contributed by atoms with Crippen LogP contribution in [0.5, 0.6) is 0 Å². The first-order valence-electron chi connectivity index (χ1n) is 39.2. The lowest BCUT2D eigenvalue weighted by molar-refractivity contribution is -0.161. The van der Waals surface area contributed by atoms with Gasteiger partial charge in [0.05, 0.1) is 29.0 Å². The van der Waals surface area contributed by atoms with E-state index in [1.165, 1.54) is 28.9 Å². The molecule has 13 atom stereocenters. The van der Waals surface area contributed by atoms with Crippen molar-refractivity contribution in [3.05, 3.63) is 47.7 Å². The van der Waals surface area contributed by atoms with Crippen LogP contribution in [0.2, 0.25) is 0 Å². The van der Waals surface area contributed by atoms with Crippen LogP contribution in [-0.2, 0) is 81.2 Å².